The van der Waals surface area contributed by atoms with E-state index < -0.39 is 0 Å². The first-order valence-electron chi connectivity index (χ1n) is 8.68. The highest BCUT2D eigenvalue weighted by Crippen LogP contribution is 2.48. The molecule has 2 fully saturated rings. The summed E-state index contributed by atoms with van der Waals surface area (Å²) in [6, 6.07) is 8.05. The van der Waals surface area contributed by atoms with Gasteiger partial charge < -0.3 is 10.1 Å². The van der Waals surface area contributed by atoms with Gasteiger partial charge in [0.15, 0.2) is 0 Å². The van der Waals surface area contributed by atoms with Gasteiger partial charge in [0, 0.05) is 12.0 Å². The molecule has 0 aliphatic heterocycles. The lowest BCUT2D eigenvalue weighted by molar-refractivity contribution is -0.122. The number of carbonyl (C=O) groups excluding carboxylic acids is 1. The van der Waals surface area contributed by atoms with Gasteiger partial charge >= 0.3 is 0 Å². The van der Waals surface area contributed by atoms with Gasteiger partial charge in [0.25, 0.3) is 0 Å². The van der Waals surface area contributed by atoms with E-state index in [0.717, 1.165) is 36.5 Å². The molecule has 3 rings (SSSR count). The van der Waals surface area contributed by atoms with Crippen molar-refractivity contribution in [3.63, 3.8) is 0 Å². The molecule has 2 saturated carbocycles. The van der Waals surface area contributed by atoms with Crippen molar-refractivity contribution >= 4 is 5.91 Å². The number of hydrogen-bond donors (Lipinski definition) is 1. The zero-order chi connectivity index (χ0) is 15.4. The molecule has 22 heavy (non-hydrogen) atoms. The highest BCUT2D eigenvalue weighted by Gasteiger charge is 2.47. The third-order valence-electron chi connectivity index (χ3n) is 5.26. The third-order valence-corrected chi connectivity index (χ3v) is 5.26. The molecule has 0 heterocycles. The Hall–Kier alpha value is -1.51. The zero-order valence-corrected chi connectivity index (χ0v) is 13.6. The Labute approximate surface area is 133 Å². The van der Waals surface area contributed by atoms with Crippen molar-refractivity contribution in [3.8, 4) is 5.75 Å². The highest BCUT2D eigenvalue weighted by atomic mass is 16.5. The van der Waals surface area contributed by atoms with Crippen molar-refractivity contribution in [2.45, 2.75) is 63.3 Å². The van der Waals surface area contributed by atoms with Crippen LogP contribution in [0.25, 0.3) is 0 Å². The van der Waals surface area contributed by atoms with Gasteiger partial charge in [-0.3, -0.25) is 4.79 Å². The summed E-state index contributed by atoms with van der Waals surface area (Å²) in [6.45, 7) is 0. The van der Waals surface area contributed by atoms with Gasteiger partial charge in [0.05, 0.1) is 12.6 Å². The average molecular weight is 301 g/mol. The summed E-state index contributed by atoms with van der Waals surface area (Å²) in [7, 11) is 1.69. The van der Waals surface area contributed by atoms with Crippen molar-refractivity contribution in [3.05, 3.63) is 29.8 Å². The highest BCUT2D eigenvalue weighted by molar-refractivity contribution is 5.77. The lowest BCUT2D eigenvalue weighted by atomic mass is 9.86. The zero-order valence-electron chi connectivity index (χ0n) is 13.6. The molecule has 1 aromatic rings. The summed E-state index contributed by atoms with van der Waals surface area (Å²) >= 11 is 0. The quantitative estimate of drug-likeness (QED) is 0.856. The summed E-state index contributed by atoms with van der Waals surface area (Å²) in [5, 5.41) is 3.28. The second kappa shape index (κ2) is 6.72. The normalized spacial score (nSPS) is 20.4. The Morgan fingerprint density at radius 1 is 1.23 bits per heavy atom. The molecule has 1 aromatic carbocycles. The van der Waals surface area contributed by atoms with Crippen LogP contribution in [0.1, 0.15) is 63.4 Å². The summed E-state index contributed by atoms with van der Waals surface area (Å²) < 4.78 is 5.46. The summed E-state index contributed by atoms with van der Waals surface area (Å²) in [5.74, 6) is 1.85. The van der Waals surface area contributed by atoms with E-state index in [2.05, 4.69) is 11.4 Å². The molecule has 2 aliphatic rings. The number of carbonyl (C=O) groups is 1. The van der Waals surface area contributed by atoms with Crippen LogP contribution in [0.3, 0.4) is 0 Å². The predicted octanol–water partition coefficient (Wildman–Crippen LogP) is 4.16. The van der Waals surface area contributed by atoms with Crippen LogP contribution in [-0.2, 0) is 10.3 Å². The Kier molecular flexibility index (Phi) is 4.70. The first kappa shape index (κ1) is 15.4. The van der Waals surface area contributed by atoms with Crippen molar-refractivity contribution in [2.24, 2.45) is 5.92 Å². The molecule has 3 heteroatoms. The van der Waals surface area contributed by atoms with Gasteiger partial charge in [0.2, 0.25) is 5.91 Å². The van der Waals surface area contributed by atoms with Gasteiger partial charge in [-0.2, -0.15) is 0 Å². The Morgan fingerprint density at radius 2 is 1.95 bits per heavy atom. The van der Waals surface area contributed by atoms with E-state index in [1.54, 1.807) is 7.11 Å². The van der Waals surface area contributed by atoms with Gasteiger partial charge in [-0.25, -0.2) is 0 Å². The number of nitrogens with one attached hydrogen (secondary N) is 1. The minimum Gasteiger partial charge on any atom is -0.496 e. The number of benzene rings is 1. The van der Waals surface area contributed by atoms with E-state index in [1.807, 2.05) is 18.2 Å². The van der Waals surface area contributed by atoms with Crippen LogP contribution < -0.4 is 10.1 Å². The standard InChI is InChI=1S/C19H27NO2/c1-22-17-10-6-5-9-16(17)19(13-14-19)20-18(21)12-11-15-7-3-2-4-8-15/h5-6,9-10,15H,2-4,7-8,11-14H2,1H3,(H,20,21). The van der Waals surface area contributed by atoms with Crippen molar-refractivity contribution in [2.75, 3.05) is 7.11 Å². The van der Waals surface area contributed by atoms with E-state index in [4.69, 9.17) is 4.74 Å². The molecule has 3 nitrogen and oxygen atoms in total. The molecule has 0 radical (unpaired) electrons. The van der Waals surface area contributed by atoms with Crippen LogP contribution in [0.15, 0.2) is 24.3 Å². The van der Waals surface area contributed by atoms with Gasteiger partial charge in [-0.05, 0) is 31.2 Å². The molecule has 0 aromatic heterocycles. The van der Waals surface area contributed by atoms with E-state index in [0.29, 0.717) is 6.42 Å². The molecule has 2 aliphatic carbocycles. The fraction of sp³-hybridized carbons (Fsp3) is 0.632. The molecular formula is C19H27NO2. The number of rotatable bonds is 6. The molecule has 1 N–H and O–H groups in total. The van der Waals surface area contributed by atoms with Crippen LogP contribution in [0.5, 0.6) is 5.75 Å². The molecular weight excluding hydrogens is 274 g/mol. The molecule has 0 spiro atoms. The van der Waals surface area contributed by atoms with Crippen LogP contribution in [0.2, 0.25) is 0 Å². The van der Waals surface area contributed by atoms with E-state index in [-0.39, 0.29) is 11.4 Å². The van der Waals surface area contributed by atoms with Crippen LogP contribution in [-0.4, -0.2) is 13.0 Å². The van der Waals surface area contributed by atoms with E-state index in [9.17, 15) is 4.79 Å². The first-order chi connectivity index (χ1) is 10.7. The van der Waals surface area contributed by atoms with Crippen LogP contribution in [0.4, 0.5) is 0 Å². The van der Waals surface area contributed by atoms with E-state index >= 15 is 0 Å². The van der Waals surface area contributed by atoms with Crippen molar-refractivity contribution in [1.82, 2.24) is 5.32 Å². The SMILES string of the molecule is COc1ccccc1C1(NC(=O)CCC2CCCCC2)CC1. The number of methoxy groups -OCH3 is 1. The number of amides is 1. The second-order valence-electron chi connectivity index (χ2n) is 6.87. The maximum Gasteiger partial charge on any atom is 0.220 e. The molecule has 0 bridgehead atoms. The summed E-state index contributed by atoms with van der Waals surface area (Å²) in [5.41, 5.74) is 0.958. The molecule has 1 amide bonds. The molecule has 0 saturated heterocycles. The number of hydrogen-bond acceptors (Lipinski definition) is 2. The minimum absolute atomic E-state index is 0.170. The predicted molar refractivity (Wildman–Crippen MR) is 87.9 cm³/mol. The maximum absolute atomic E-state index is 12.4. The maximum atomic E-state index is 12.4. The lowest BCUT2D eigenvalue weighted by Crippen LogP contribution is -2.35. The topological polar surface area (TPSA) is 38.3 Å². The molecule has 0 unspecified atom stereocenters. The Balaban J connectivity index is 1.56. The fourth-order valence-corrected chi connectivity index (χ4v) is 3.77. The smallest absolute Gasteiger partial charge is 0.220 e. The summed E-state index contributed by atoms with van der Waals surface area (Å²) in [4.78, 5) is 12.4. The molecule has 0 atom stereocenters. The molecule has 120 valence electrons. The van der Waals surface area contributed by atoms with Crippen LogP contribution in [0, 0.1) is 5.92 Å². The Morgan fingerprint density at radius 3 is 2.64 bits per heavy atom. The Bertz CT molecular complexity index is 516. The minimum atomic E-state index is -0.170. The fourth-order valence-electron chi connectivity index (χ4n) is 3.77. The van der Waals surface area contributed by atoms with Gasteiger partial charge in [-0.1, -0.05) is 50.3 Å². The third kappa shape index (κ3) is 3.45. The second-order valence-corrected chi connectivity index (χ2v) is 6.87. The van der Waals surface area contributed by atoms with E-state index in [1.165, 1.54) is 32.1 Å². The van der Waals surface area contributed by atoms with Crippen molar-refractivity contribution in [1.29, 1.82) is 0 Å². The lowest BCUT2D eigenvalue weighted by Gasteiger charge is -2.23. The first-order valence-corrected chi connectivity index (χ1v) is 8.68. The number of para-hydroxylation sites is 1. The van der Waals surface area contributed by atoms with Gasteiger partial charge in [0.1, 0.15) is 5.75 Å². The van der Waals surface area contributed by atoms with Crippen molar-refractivity contribution < 1.29 is 9.53 Å². The van der Waals surface area contributed by atoms with Gasteiger partial charge in [-0.15, -0.1) is 0 Å². The monoisotopic (exact) mass is 301 g/mol. The van der Waals surface area contributed by atoms with Crippen LogP contribution >= 0.6 is 0 Å². The summed E-state index contributed by atoms with van der Waals surface area (Å²) in [6.07, 6.45) is 10.4. The largest absolute Gasteiger partial charge is 0.496 e. The average Bonchev–Trinajstić information content (AvgIpc) is 3.34. The number of ether oxygens (including phenoxy) is 1.